The summed E-state index contributed by atoms with van der Waals surface area (Å²) < 4.78 is 27.5. The molecule has 1 rings (SSSR count). The summed E-state index contributed by atoms with van der Waals surface area (Å²) in [4.78, 5) is 15.0. The molecule has 1 atom stereocenters. The molecule has 7 nitrogen and oxygen atoms in total. The lowest BCUT2D eigenvalue weighted by molar-refractivity contribution is -0.137. The Kier molecular flexibility index (Phi) is 5.41. The summed E-state index contributed by atoms with van der Waals surface area (Å²) in [6.45, 7) is 5.27. The maximum Gasteiger partial charge on any atom is 0.413 e. The van der Waals surface area contributed by atoms with Gasteiger partial charge in [0, 0.05) is 6.54 Å². The number of diazo groups is 1. The van der Waals surface area contributed by atoms with Gasteiger partial charge >= 0.3 is 12.0 Å². The minimum atomic E-state index is -2.93. The zero-order valence-corrected chi connectivity index (χ0v) is 13.0. The Morgan fingerprint density at radius 3 is 2.48 bits per heavy atom. The summed E-state index contributed by atoms with van der Waals surface area (Å²) in [6, 6.07) is 3.11. The van der Waals surface area contributed by atoms with Gasteiger partial charge in [-0.1, -0.05) is 26.8 Å². The van der Waals surface area contributed by atoms with Crippen molar-refractivity contribution in [3.8, 4) is 5.75 Å². The lowest BCUT2D eigenvalue weighted by Gasteiger charge is -2.15. The van der Waals surface area contributed by atoms with Gasteiger partial charge in [-0.25, -0.2) is 13.2 Å². The van der Waals surface area contributed by atoms with Crippen molar-refractivity contribution in [3.05, 3.63) is 28.7 Å². The maximum absolute atomic E-state index is 12.1. The number of hydrogen-bond acceptors (Lipinski definition) is 6. The molecule has 0 aliphatic carbocycles. The van der Waals surface area contributed by atoms with Crippen LogP contribution in [0, 0.1) is 10.8 Å². The monoisotopic (exact) mass is 312 g/mol. The molecule has 0 heterocycles. The van der Waals surface area contributed by atoms with Crippen molar-refractivity contribution < 1.29 is 17.9 Å². The first-order chi connectivity index (χ1) is 9.70. The van der Waals surface area contributed by atoms with E-state index in [4.69, 9.17) is 15.9 Å². The Morgan fingerprint density at radius 2 is 2.05 bits per heavy atom. The van der Waals surface area contributed by atoms with E-state index in [0.717, 1.165) is 0 Å². The average Bonchev–Trinajstić information content (AvgIpc) is 2.37. The smallest absolute Gasteiger partial charge is 0.413 e. The Labute approximate surface area is 124 Å². The van der Waals surface area contributed by atoms with Gasteiger partial charge in [0.05, 0.1) is 5.41 Å². The van der Waals surface area contributed by atoms with Crippen molar-refractivity contribution in [3.63, 3.8) is 0 Å². The van der Waals surface area contributed by atoms with Gasteiger partial charge in [0.15, 0.2) is 10.7 Å². The van der Waals surface area contributed by atoms with Gasteiger partial charge in [-0.3, -0.25) is 0 Å². The van der Waals surface area contributed by atoms with Crippen LogP contribution in [-0.4, -0.2) is 20.4 Å². The molecular weight excluding hydrogens is 294 g/mol. The van der Waals surface area contributed by atoms with Gasteiger partial charge in [0.25, 0.3) is 0 Å². The molecule has 0 saturated heterocycles. The Hall–Kier alpha value is -1.98. The summed E-state index contributed by atoms with van der Waals surface area (Å²) in [5, 5.41) is 8.97. The first kappa shape index (κ1) is 17.1. The van der Waals surface area contributed by atoms with E-state index in [1.165, 1.54) is 18.2 Å². The Balaban J connectivity index is 3.17. The Bertz CT molecular complexity index is 648. The SMILES string of the molecule is CC(C)(C)C([N+]#N)C(=O)Oc1cc(CN)ccc1[SH](=O)=O. The molecule has 21 heavy (non-hydrogen) atoms. The zero-order valence-electron chi connectivity index (χ0n) is 12.1. The number of hydrogen-bond donors (Lipinski definition) is 2. The second-order valence-corrected chi connectivity index (χ2v) is 6.56. The summed E-state index contributed by atoms with van der Waals surface area (Å²) in [7, 11) is -2.93. The maximum atomic E-state index is 12.1. The number of carbonyl (C=O) groups is 1. The van der Waals surface area contributed by atoms with E-state index in [1.807, 2.05) is 0 Å². The number of esters is 1. The number of benzene rings is 1. The van der Waals surface area contributed by atoms with Gasteiger partial charge in [-0.05, 0) is 17.7 Å². The van der Waals surface area contributed by atoms with Crippen molar-refractivity contribution in [2.24, 2.45) is 11.1 Å². The number of rotatable bonds is 4. The first-order valence-electron chi connectivity index (χ1n) is 6.24. The van der Waals surface area contributed by atoms with Gasteiger partial charge < -0.3 is 10.5 Å². The van der Waals surface area contributed by atoms with Gasteiger partial charge in [-0.15, -0.1) is 0 Å². The molecule has 0 aliphatic rings. The van der Waals surface area contributed by atoms with Gasteiger partial charge in [0.2, 0.25) is 5.39 Å². The van der Waals surface area contributed by atoms with Crippen LogP contribution in [0.3, 0.4) is 0 Å². The fourth-order valence-corrected chi connectivity index (χ4v) is 2.14. The number of carbonyl (C=O) groups excluding carboxylic acids is 1. The third kappa shape index (κ3) is 4.24. The second-order valence-electron chi connectivity index (χ2n) is 5.57. The highest BCUT2D eigenvalue weighted by Gasteiger charge is 2.45. The molecule has 2 N–H and O–H groups in total. The number of ether oxygens (including phenoxy) is 1. The lowest BCUT2D eigenvalue weighted by Crippen LogP contribution is -2.35. The molecule has 0 radical (unpaired) electrons. The van der Waals surface area contributed by atoms with E-state index in [-0.39, 0.29) is 17.2 Å². The fourth-order valence-electron chi connectivity index (χ4n) is 1.66. The average molecular weight is 312 g/mol. The molecule has 8 heteroatoms. The van der Waals surface area contributed by atoms with E-state index in [0.29, 0.717) is 5.56 Å². The molecule has 114 valence electrons. The predicted octanol–water partition coefficient (Wildman–Crippen LogP) is 1.29. The van der Waals surface area contributed by atoms with Crippen LogP contribution in [0.4, 0.5) is 0 Å². The third-order valence-corrected chi connectivity index (χ3v) is 3.59. The van der Waals surface area contributed by atoms with Crippen LogP contribution >= 0.6 is 0 Å². The fraction of sp³-hybridized carbons (Fsp3) is 0.462. The normalized spacial score (nSPS) is 12.8. The molecular formula is C13H18N3O4S+. The predicted molar refractivity (Wildman–Crippen MR) is 76.9 cm³/mol. The second kappa shape index (κ2) is 6.65. The van der Waals surface area contributed by atoms with E-state index < -0.39 is 28.1 Å². The summed E-state index contributed by atoms with van der Waals surface area (Å²) in [5.41, 5.74) is 5.43. The highest BCUT2D eigenvalue weighted by Crippen LogP contribution is 2.27. The number of thiol groups is 1. The van der Waals surface area contributed by atoms with Crippen molar-refractivity contribution in [1.82, 2.24) is 0 Å². The number of nitrogens with zero attached hydrogens (tertiary/aromatic N) is 2. The van der Waals surface area contributed by atoms with Crippen molar-refractivity contribution in [2.75, 3.05) is 0 Å². The van der Waals surface area contributed by atoms with E-state index in [9.17, 15) is 13.2 Å². The topological polar surface area (TPSA) is 115 Å². The Morgan fingerprint density at radius 1 is 1.43 bits per heavy atom. The number of nitrogens with two attached hydrogens (primary N) is 1. The minimum absolute atomic E-state index is 0.114. The molecule has 0 bridgehead atoms. The zero-order chi connectivity index (χ0) is 16.2. The van der Waals surface area contributed by atoms with Crippen LogP contribution in [0.2, 0.25) is 0 Å². The van der Waals surface area contributed by atoms with Crippen LogP contribution < -0.4 is 10.5 Å². The van der Waals surface area contributed by atoms with Crippen LogP contribution in [0.5, 0.6) is 5.75 Å². The highest BCUT2D eigenvalue weighted by molar-refractivity contribution is 7.72. The van der Waals surface area contributed by atoms with Crippen LogP contribution in [0.1, 0.15) is 26.3 Å². The first-order valence-corrected chi connectivity index (χ1v) is 7.41. The van der Waals surface area contributed by atoms with Gasteiger partial charge in [-0.2, -0.15) is 0 Å². The standard InChI is InChI=1S/C13H18N3O4S/c1-13(2,3)11(16-15)12(17)20-9-6-8(7-14)4-5-10(9)21(18)19/h4-6,11,21H,7,14H2,1-3H3/q+1. The molecule has 0 aliphatic heterocycles. The molecule has 0 aromatic heterocycles. The molecule has 1 unspecified atom stereocenters. The van der Waals surface area contributed by atoms with E-state index in [2.05, 4.69) is 4.98 Å². The molecule has 1 aromatic rings. The highest BCUT2D eigenvalue weighted by atomic mass is 32.2. The molecule has 1 aromatic carbocycles. The van der Waals surface area contributed by atoms with Crippen LogP contribution in [0.25, 0.3) is 4.98 Å². The van der Waals surface area contributed by atoms with Gasteiger partial charge in [0.1, 0.15) is 15.6 Å². The quantitative estimate of drug-likeness (QED) is 0.375. The van der Waals surface area contributed by atoms with E-state index in [1.54, 1.807) is 20.8 Å². The largest absolute Gasteiger partial charge is 0.419 e. The molecule has 0 spiro atoms. The third-order valence-electron chi connectivity index (χ3n) is 2.83. The molecule has 0 saturated carbocycles. The summed E-state index contributed by atoms with van der Waals surface area (Å²) >= 11 is 0. The summed E-state index contributed by atoms with van der Waals surface area (Å²) in [6.07, 6.45) is 0. The lowest BCUT2D eigenvalue weighted by atomic mass is 9.87. The van der Waals surface area contributed by atoms with Crippen molar-refractivity contribution in [2.45, 2.75) is 38.3 Å². The van der Waals surface area contributed by atoms with Crippen LogP contribution in [-0.2, 0) is 22.0 Å². The summed E-state index contributed by atoms with van der Waals surface area (Å²) in [5.74, 6) is -0.950. The van der Waals surface area contributed by atoms with E-state index >= 15 is 0 Å². The van der Waals surface area contributed by atoms with Crippen LogP contribution in [0.15, 0.2) is 23.1 Å². The van der Waals surface area contributed by atoms with Crippen molar-refractivity contribution >= 4 is 16.7 Å². The van der Waals surface area contributed by atoms with Crippen molar-refractivity contribution in [1.29, 1.82) is 5.39 Å². The minimum Gasteiger partial charge on any atom is -0.419 e. The molecule has 0 amide bonds. The molecule has 0 fully saturated rings.